The van der Waals surface area contributed by atoms with Crippen LogP contribution >= 0.6 is 15.9 Å². The van der Waals surface area contributed by atoms with Crippen LogP contribution in [0.15, 0.2) is 58.1 Å². The van der Waals surface area contributed by atoms with Gasteiger partial charge in [-0.25, -0.2) is 0 Å². The Bertz CT molecular complexity index is 839. The monoisotopic (exact) mass is 328 g/mol. The molecule has 0 aliphatic heterocycles. The number of benzene rings is 1. The van der Waals surface area contributed by atoms with Gasteiger partial charge in [0.15, 0.2) is 0 Å². The van der Waals surface area contributed by atoms with Crippen LogP contribution in [-0.4, -0.2) is 9.38 Å². The molecule has 1 aromatic carbocycles. The molecular weight excluding hydrogens is 316 g/mol. The van der Waals surface area contributed by atoms with Crippen LogP contribution in [0, 0.1) is 6.92 Å². The van der Waals surface area contributed by atoms with Crippen molar-refractivity contribution in [3.8, 4) is 0 Å². The molecule has 3 rings (SSSR count). The van der Waals surface area contributed by atoms with E-state index in [0.717, 1.165) is 15.6 Å². The maximum atomic E-state index is 12.2. The molecule has 0 aliphatic carbocycles. The lowest BCUT2D eigenvalue weighted by Gasteiger charge is -2.07. The fourth-order valence-corrected chi connectivity index (χ4v) is 2.66. The van der Waals surface area contributed by atoms with Crippen molar-refractivity contribution in [2.24, 2.45) is 0 Å². The van der Waals surface area contributed by atoms with Crippen molar-refractivity contribution in [1.29, 1.82) is 0 Å². The van der Waals surface area contributed by atoms with Crippen LogP contribution in [0.3, 0.4) is 0 Å². The summed E-state index contributed by atoms with van der Waals surface area (Å²) in [6, 6.07) is 11.8. The molecule has 0 atom stereocenters. The lowest BCUT2D eigenvalue weighted by molar-refractivity contribution is 0.992. The van der Waals surface area contributed by atoms with Crippen molar-refractivity contribution in [3.05, 3.63) is 80.3 Å². The Morgan fingerprint density at radius 1 is 1.15 bits per heavy atom. The van der Waals surface area contributed by atoms with Crippen LogP contribution in [0.4, 0.5) is 0 Å². The van der Waals surface area contributed by atoms with E-state index in [1.54, 1.807) is 0 Å². The highest BCUT2D eigenvalue weighted by atomic mass is 79.9. The predicted octanol–water partition coefficient (Wildman–Crippen LogP) is 3.36. The Morgan fingerprint density at radius 3 is 2.75 bits per heavy atom. The third-order valence-electron chi connectivity index (χ3n) is 3.31. The first-order valence-corrected chi connectivity index (χ1v) is 7.15. The molecule has 2 aromatic heterocycles. The molecule has 20 heavy (non-hydrogen) atoms. The summed E-state index contributed by atoms with van der Waals surface area (Å²) >= 11 is 3.51. The quantitative estimate of drug-likeness (QED) is 0.723. The van der Waals surface area contributed by atoms with E-state index >= 15 is 0 Å². The summed E-state index contributed by atoms with van der Waals surface area (Å²) in [5, 5.41) is 0. The number of pyridine rings is 1. The molecule has 100 valence electrons. The molecule has 4 heteroatoms. The van der Waals surface area contributed by atoms with Gasteiger partial charge in [0.25, 0.3) is 5.56 Å². The predicted molar refractivity (Wildman–Crippen MR) is 83.1 cm³/mol. The Morgan fingerprint density at radius 2 is 1.95 bits per heavy atom. The maximum Gasteiger partial charge on any atom is 0.276 e. The maximum absolute atomic E-state index is 12.2. The molecule has 0 saturated carbocycles. The van der Waals surface area contributed by atoms with Gasteiger partial charge in [-0.1, -0.05) is 40.2 Å². The average molecular weight is 329 g/mol. The van der Waals surface area contributed by atoms with Crippen molar-refractivity contribution < 1.29 is 0 Å². The zero-order chi connectivity index (χ0) is 14.1. The number of halogens is 1. The highest BCUT2D eigenvalue weighted by molar-refractivity contribution is 9.10. The highest BCUT2D eigenvalue weighted by Gasteiger charge is 2.07. The second-order valence-electron chi connectivity index (χ2n) is 4.76. The molecule has 0 saturated heterocycles. The van der Waals surface area contributed by atoms with Gasteiger partial charge in [-0.05, 0) is 30.2 Å². The van der Waals surface area contributed by atoms with E-state index < -0.39 is 0 Å². The Labute approximate surface area is 125 Å². The van der Waals surface area contributed by atoms with Crippen LogP contribution < -0.4 is 5.56 Å². The van der Waals surface area contributed by atoms with Gasteiger partial charge in [-0.15, -0.1) is 0 Å². The summed E-state index contributed by atoms with van der Waals surface area (Å²) in [5.41, 5.74) is 3.33. The first-order chi connectivity index (χ1) is 9.65. The lowest BCUT2D eigenvalue weighted by Crippen LogP contribution is -2.16. The van der Waals surface area contributed by atoms with Gasteiger partial charge in [-0.3, -0.25) is 4.79 Å². The smallest absolute Gasteiger partial charge is 0.276 e. The van der Waals surface area contributed by atoms with Gasteiger partial charge in [-0.2, -0.15) is 4.98 Å². The number of nitrogens with zero attached hydrogens (tertiary/aromatic N) is 2. The average Bonchev–Trinajstić information content (AvgIpc) is 2.43. The van der Waals surface area contributed by atoms with E-state index in [2.05, 4.69) is 20.9 Å². The highest BCUT2D eigenvalue weighted by Crippen LogP contribution is 2.18. The standard InChI is InChI=1S/C16H13BrN2O/c1-11-5-4-8-19-10-13(16(20)18-15(11)19)9-12-6-2-3-7-14(12)17/h2-8,10H,9H2,1H3. The van der Waals surface area contributed by atoms with E-state index in [4.69, 9.17) is 0 Å². The van der Waals surface area contributed by atoms with Gasteiger partial charge in [0.05, 0.1) is 0 Å². The van der Waals surface area contributed by atoms with Crippen molar-refractivity contribution >= 4 is 21.6 Å². The molecule has 0 unspecified atom stereocenters. The number of aromatic nitrogens is 2. The Kier molecular flexibility index (Phi) is 3.40. The molecule has 2 heterocycles. The van der Waals surface area contributed by atoms with Gasteiger partial charge in [0.1, 0.15) is 5.65 Å². The number of hydrogen-bond donors (Lipinski definition) is 0. The van der Waals surface area contributed by atoms with Gasteiger partial charge in [0, 0.05) is 28.9 Å². The largest absolute Gasteiger partial charge is 0.308 e. The Balaban J connectivity index is 2.11. The molecule has 0 radical (unpaired) electrons. The van der Waals surface area contributed by atoms with E-state index in [0.29, 0.717) is 17.6 Å². The van der Waals surface area contributed by atoms with Crippen LogP contribution in [0.1, 0.15) is 16.7 Å². The minimum absolute atomic E-state index is 0.157. The first kappa shape index (κ1) is 13.1. The lowest BCUT2D eigenvalue weighted by atomic mass is 10.1. The summed E-state index contributed by atoms with van der Waals surface area (Å²) < 4.78 is 2.91. The third kappa shape index (κ3) is 2.39. The summed E-state index contributed by atoms with van der Waals surface area (Å²) in [6.07, 6.45) is 4.36. The van der Waals surface area contributed by atoms with Crippen LogP contribution in [0.5, 0.6) is 0 Å². The minimum atomic E-state index is -0.157. The Hall–Kier alpha value is -1.94. The van der Waals surface area contributed by atoms with Crippen molar-refractivity contribution in [2.45, 2.75) is 13.3 Å². The van der Waals surface area contributed by atoms with Crippen molar-refractivity contribution in [3.63, 3.8) is 0 Å². The van der Waals surface area contributed by atoms with E-state index in [1.165, 1.54) is 0 Å². The molecule has 0 N–H and O–H groups in total. The number of hydrogen-bond acceptors (Lipinski definition) is 2. The molecule has 0 aliphatic rings. The van der Waals surface area contributed by atoms with E-state index in [1.807, 2.05) is 60.1 Å². The molecule has 3 nitrogen and oxygen atoms in total. The third-order valence-corrected chi connectivity index (χ3v) is 4.08. The first-order valence-electron chi connectivity index (χ1n) is 6.36. The fourth-order valence-electron chi connectivity index (χ4n) is 2.24. The van der Waals surface area contributed by atoms with Gasteiger partial charge >= 0.3 is 0 Å². The molecular formula is C16H13BrN2O. The zero-order valence-electron chi connectivity index (χ0n) is 11.0. The number of aryl methyl sites for hydroxylation is 1. The summed E-state index contributed by atoms with van der Waals surface area (Å²) in [7, 11) is 0. The van der Waals surface area contributed by atoms with Crippen molar-refractivity contribution in [1.82, 2.24) is 9.38 Å². The minimum Gasteiger partial charge on any atom is -0.308 e. The topological polar surface area (TPSA) is 34.4 Å². The van der Waals surface area contributed by atoms with Crippen LogP contribution in [-0.2, 0) is 6.42 Å². The van der Waals surface area contributed by atoms with Gasteiger partial charge in [0.2, 0.25) is 0 Å². The zero-order valence-corrected chi connectivity index (χ0v) is 12.6. The number of fused-ring (bicyclic) bond motifs is 1. The van der Waals surface area contributed by atoms with Crippen LogP contribution in [0.2, 0.25) is 0 Å². The summed E-state index contributed by atoms with van der Waals surface area (Å²) in [5.74, 6) is 0. The molecule has 0 amide bonds. The normalized spacial score (nSPS) is 10.9. The molecule has 3 aromatic rings. The molecule has 0 spiro atoms. The number of rotatable bonds is 2. The molecule has 0 bridgehead atoms. The summed E-state index contributed by atoms with van der Waals surface area (Å²) in [4.78, 5) is 16.4. The summed E-state index contributed by atoms with van der Waals surface area (Å²) in [6.45, 7) is 1.95. The van der Waals surface area contributed by atoms with Gasteiger partial charge < -0.3 is 4.40 Å². The van der Waals surface area contributed by atoms with Crippen LogP contribution in [0.25, 0.3) is 5.65 Å². The van der Waals surface area contributed by atoms with E-state index in [9.17, 15) is 4.79 Å². The second-order valence-corrected chi connectivity index (χ2v) is 5.62. The second kappa shape index (κ2) is 5.21. The fraction of sp³-hybridized carbons (Fsp3) is 0.125. The SMILES string of the molecule is Cc1cccn2cc(Cc3ccccc3Br)c(=O)nc12. The van der Waals surface area contributed by atoms with Crippen molar-refractivity contribution in [2.75, 3.05) is 0 Å². The molecule has 0 fully saturated rings. The van der Waals surface area contributed by atoms with E-state index in [-0.39, 0.29) is 5.56 Å².